The number of carbonyl (C=O) groups excluding carboxylic acids is 6. The van der Waals surface area contributed by atoms with Crippen LogP contribution in [0.5, 0.6) is 0 Å². The molecule has 6 aliphatic heterocycles. The molecule has 25 atom stereocenters. The van der Waals surface area contributed by atoms with Gasteiger partial charge in [-0.15, -0.1) is 0 Å². The smallest absolute Gasteiger partial charge is 0.327 e. The normalized spacial score (nSPS) is 29.2. The van der Waals surface area contributed by atoms with Crippen molar-refractivity contribution >= 4 is 70.9 Å². The number of hydrogen-bond acceptors (Lipinski definition) is 35. The molecular weight excluding hydrogens is 1400 g/mol. The summed E-state index contributed by atoms with van der Waals surface area (Å²) < 4.78 is 29.1. The van der Waals surface area contributed by atoms with Gasteiger partial charge in [-0.3, -0.25) is 28.8 Å². The van der Waals surface area contributed by atoms with E-state index >= 15 is 0 Å². The second kappa shape index (κ2) is 58.6. The molecule has 0 aromatic carbocycles. The first-order valence-electron chi connectivity index (χ1n) is 32.6. The molecule has 43 heteroatoms. The van der Waals surface area contributed by atoms with Crippen molar-refractivity contribution in [2.45, 2.75) is 207 Å². The van der Waals surface area contributed by atoms with Gasteiger partial charge < -0.3 is 169 Å². The number of aliphatic hydroxyl groups excluding tert-OH is 13. The number of carbonyl (C=O) groups is 8. The Morgan fingerprint density at radius 2 is 0.549 bits per heavy atom. The van der Waals surface area contributed by atoms with E-state index < -0.39 is 165 Å². The van der Waals surface area contributed by atoms with Crippen LogP contribution in [-0.4, -0.2) is 398 Å². The third kappa shape index (κ3) is 36.2. The summed E-state index contributed by atoms with van der Waals surface area (Å²) >= 11 is 2.64. The van der Waals surface area contributed by atoms with E-state index in [-0.39, 0.29) is 41.5 Å². The van der Waals surface area contributed by atoms with E-state index in [1.54, 1.807) is 47.5 Å². The minimum atomic E-state index is -1.65. The van der Waals surface area contributed by atoms with Crippen molar-refractivity contribution in [3.05, 3.63) is 0 Å². The molecule has 0 aliphatic carbocycles. The number of nitrogens with one attached hydrogen (secondary N) is 12. The van der Waals surface area contributed by atoms with E-state index in [4.69, 9.17) is 48.8 Å². The Kier molecular flexibility index (Phi) is 59.7. The number of thioether (sulfide) groups is 2. The number of carboxylic acids is 2. The Morgan fingerprint density at radius 1 is 0.343 bits per heavy atom. The van der Waals surface area contributed by atoms with Crippen LogP contribution in [0.2, 0.25) is 0 Å². The summed E-state index contributed by atoms with van der Waals surface area (Å²) in [6.45, 7) is 15.5. The standard InChI is InChI=1S/C11H20N2O7S.C9H18N2O6.2C8H16N2O5.C8H16N2O3S.C5H12N2O.2C3H6O.2C2H6/c1-12-5(8-6(14)7(15)11(19)20-8)9(16)13-4(3-21-2)10(17)18;1-10-3(8(15)11-2)7-5(13)4(12)6(14)9(16)17-7;2*1-9-3(7(13)10-2)6-4(11)5(12)8(14)15-6;1-5(9-2)7(11)10-6(4-14-3)8(12)13;1-4(6-2)5(8)7-3;2*1-2-4-3-1;2*1-2/h4-8,11-12,14-15,19H,3H2,1-2H3,(H,13,16)(H,17,18);3-7,9-10,12-14,16H,1-2H3,(H,11,15);2*3-6,8-9,11-12,14H,1-2H3,(H,10,13);5-6,9H,4H2,1-3H3,(H,10,11)(H,12,13);4,6H,1-3H3,(H,7,8);2*1-3H2;2*1-2H3/t4-,5?,6?,7?,8?,11?;;3-,4-,5-,6?,8+;;5?,6-;;;;;/m0.1.0...../s1. The summed E-state index contributed by atoms with van der Waals surface area (Å²) in [6, 6.07) is -6.07. The van der Waals surface area contributed by atoms with Crippen molar-refractivity contribution in [3.8, 4) is 0 Å². The van der Waals surface area contributed by atoms with Gasteiger partial charge in [-0.1, -0.05) is 27.7 Å². The fourth-order valence-corrected chi connectivity index (χ4v) is 9.42. The van der Waals surface area contributed by atoms with Crippen molar-refractivity contribution in [1.29, 1.82) is 0 Å². The Balaban J connectivity index is -0.000000553. The molecule has 0 aromatic rings. The number of ether oxygens (including phenoxy) is 6. The largest absolute Gasteiger partial charge is 0.480 e. The van der Waals surface area contributed by atoms with Crippen LogP contribution >= 0.6 is 23.5 Å². The van der Waals surface area contributed by atoms with Gasteiger partial charge >= 0.3 is 11.9 Å². The van der Waals surface area contributed by atoms with E-state index in [9.17, 15) is 94.5 Å². The van der Waals surface area contributed by atoms with Gasteiger partial charge in [0.15, 0.2) is 25.2 Å². The molecule has 6 heterocycles. The molecule has 6 saturated heterocycles. The van der Waals surface area contributed by atoms with Crippen molar-refractivity contribution in [2.75, 3.05) is 121 Å². The second-order valence-electron chi connectivity index (χ2n) is 21.6. The fourth-order valence-electron chi connectivity index (χ4n) is 8.30. The average molecular weight is 1530 g/mol. The molecule has 0 radical (unpaired) electrons. The van der Waals surface area contributed by atoms with Gasteiger partial charge in [0.25, 0.3) is 0 Å². The highest BCUT2D eigenvalue weighted by atomic mass is 32.2. The molecule has 6 rings (SSSR count). The lowest BCUT2D eigenvalue weighted by molar-refractivity contribution is -0.285. The van der Waals surface area contributed by atoms with E-state index in [1.165, 1.54) is 85.7 Å². The summed E-state index contributed by atoms with van der Waals surface area (Å²) in [6.07, 6.45) is -17.5. The molecule has 27 N–H and O–H groups in total. The molecule has 0 spiro atoms. The lowest BCUT2D eigenvalue weighted by atomic mass is 9.93. The zero-order valence-electron chi connectivity index (χ0n) is 61.3. The Labute approximate surface area is 604 Å². The molecule has 6 amide bonds. The number of carboxylic acid groups (broad SMARTS) is 2. The van der Waals surface area contributed by atoms with Gasteiger partial charge in [-0.05, 0) is 81.5 Å². The maximum atomic E-state index is 12.1. The average Bonchev–Trinajstić information content (AvgIpc) is 0.980. The Hall–Kier alpha value is -4.54. The first kappa shape index (κ1) is 104. The molecule has 41 nitrogen and oxygen atoms in total. The van der Waals surface area contributed by atoms with Crippen molar-refractivity contribution in [3.63, 3.8) is 0 Å². The summed E-state index contributed by atoms with van der Waals surface area (Å²) in [5.41, 5.74) is 0. The second-order valence-corrected chi connectivity index (χ2v) is 23.4. The van der Waals surface area contributed by atoms with E-state index in [0.29, 0.717) is 5.75 Å². The molecule has 0 bridgehead atoms. The van der Waals surface area contributed by atoms with Crippen LogP contribution in [0.1, 0.15) is 54.4 Å². The summed E-state index contributed by atoms with van der Waals surface area (Å²) in [5.74, 6) is -3.85. The molecule has 19 unspecified atom stereocenters. The van der Waals surface area contributed by atoms with Crippen LogP contribution in [0, 0.1) is 0 Å². The van der Waals surface area contributed by atoms with Crippen LogP contribution < -0.4 is 63.8 Å². The summed E-state index contributed by atoms with van der Waals surface area (Å²) in [5, 5.41) is 170. The number of aliphatic hydroxyl groups is 13. The molecule has 0 saturated carbocycles. The predicted octanol–water partition coefficient (Wildman–Crippen LogP) is -11.7. The Morgan fingerprint density at radius 3 is 0.725 bits per heavy atom. The third-order valence-corrected chi connectivity index (χ3v) is 16.2. The molecule has 102 heavy (non-hydrogen) atoms. The quantitative estimate of drug-likeness (QED) is 0.0427. The topological polar surface area (TPSA) is 640 Å². The minimum Gasteiger partial charge on any atom is -0.480 e. The predicted molar refractivity (Wildman–Crippen MR) is 372 cm³/mol. The monoisotopic (exact) mass is 1530 g/mol. The maximum Gasteiger partial charge on any atom is 0.327 e. The number of amides is 6. The van der Waals surface area contributed by atoms with E-state index in [2.05, 4.69) is 63.8 Å². The van der Waals surface area contributed by atoms with Gasteiger partial charge in [0, 0.05) is 66.1 Å². The number of likely N-dealkylation sites (N-methyl/N-ethyl adjacent to an activating group) is 10. The van der Waals surface area contributed by atoms with Gasteiger partial charge in [0.1, 0.15) is 116 Å². The SMILES string of the molecule is C1COC1.C1COC1.CC.CC.CNC(=O)C(C)NC.CNC(=O)C(NC)C1OC(O)C(O)C(O)C1O.CNC(=O)C(NC)C1OC(O)C(O)C1O.CNC(=O)[C@H](NC)C1O[C@H](O)[C@H](O)[C@H]1O.CNC(C(=O)N[C@@H](CSC)C(=O)O)C1OC(O)C(O)C1O.CNC(C)C(=O)N[C@@H](CSC)C(=O)O. The van der Waals surface area contributed by atoms with Crippen molar-refractivity contribution in [1.82, 2.24) is 63.8 Å². The zero-order chi connectivity index (χ0) is 79.9. The number of hydrogen-bond donors (Lipinski definition) is 27. The fraction of sp³-hybridized carbons (Fsp3) is 0.864. The van der Waals surface area contributed by atoms with E-state index in [1.807, 2.05) is 27.7 Å². The zero-order valence-corrected chi connectivity index (χ0v) is 63.0. The van der Waals surface area contributed by atoms with Crippen LogP contribution in [0.15, 0.2) is 0 Å². The highest BCUT2D eigenvalue weighted by Gasteiger charge is 2.51. The van der Waals surface area contributed by atoms with Gasteiger partial charge in [0.05, 0.1) is 12.1 Å². The maximum absolute atomic E-state index is 12.1. The molecule has 0 aromatic heterocycles. The molecule has 604 valence electrons. The Bertz CT molecular complexity index is 2230. The van der Waals surface area contributed by atoms with Crippen LogP contribution in [0.25, 0.3) is 0 Å². The number of rotatable bonds is 24. The third-order valence-electron chi connectivity index (χ3n) is 14.8. The van der Waals surface area contributed by atoms with E-state index in [0.717, 1.165) is 26.4 Å². The van der Waals surface area contributed by atoms with Crippen LogP contribution in [0.3, 0.4) is 0 Å². The lowest BCUT2D eigenvalue weighted by Crippen LogP contribution is -2.65. The highest BCUT2D eigenvalue weighted by molar-refractivity contribution is 7.98. The lowest BCUT2D eigenvalue weighted by Gasteiger charge is -2.40. The van der Waals surface area contributed by atoms with Crippen LogP contribution in [-0.2, 0) is 66.8 Å². The minimum absolute atomic E-state index is 0.0208. The van der Waals surface area contributed by atoms with Gasteiger partial charge in [-0.2, -0.15) is 23.5 Å². The summed E-state index contributed by atoms with van der Waals surface area (Å²) in [4.78, 5) is 89.9. The van der Waals surface area contributed by atoms with Crippen molar-refractivity contribution < 1.29 is 143 Å². The molecule has 6 fully saturated rings. The van der Waals surface area contributed by atoms with Gasteiger partial charge in [-0.25, -0.2) is 9.59 Å². The van der Waals surface area contributed by atoms with Crippen LogP contribution in [0.4, 0.5) is 0 Å². The molecular formula is C59H122N12O29S2. The summed E-state index contributed by atoms with van der Waals surface area (Å²) in [7, 11) is 15.2. The van der Waals surface area contributed by atoms with Gasteiger partial charge in [0.2, 0.25) is 35.4 Å². The van der Waals surface area contributed by atoms with Crippen molar-refractivity contribution in [2.24, 2.45) is 0 Å². The molecule has 6 aliphatic rings. The first-order chi connectivity index (χ1) is 48.1. The number of aliphatic carboxylic acids is 2. The first-order valence-corrected chi connectivity index (χ1v) is 35.4. The highest BCUT2D eigenvalue weighted by Crippen LogP contribution is 2.26.